The lowest BCUT2D eigenvalue weighted by Gasteiger charge is -2.19. The Balaban J connectivity index is 3.85. The molecule has 0 fully saturated rings. The van der Waals surface area contributed by atoms with E-state index in [1.54, 1.807) is 6.92 Å². The second kappa shape index (κ2) is 9.02. The van der Waals surface area contributed by atoms with Gasteiger partial charge in [0.05, 0.1) is 13.2 Å². The van der Waals surface area contributed by atoms with Gasteiger partial charge in [0.25, 0.3) is 0 Å². The lowest BCUT2D eigenvalue weighted by Crippen LogP contribution is -1.95. The van der Waals surface area contributed by atoms with E-state index in [0.717, 1.165) is 11.5 Å². The van der Waals surface area contributed by atoms with Crippen molar-refractivity contribution in [2.24, 2.45) is 0 Å². The fraction of sp³-hybridized carbons (Fsp3) is 0.875. The van der Waals surface area contributed by atoms with Crippen LogP contribution in [0.5, 0.6) is 0 Å². The van der Waals surface area contributed by atoms with E-state index in [1.165, 1.54) is 23.1 Å². The Bertz CT molecular complexity index is 225. The van der Waals surface area contributed by atoms with Gasteiger partial charge in [-0.1, -0.05) is 23.1 Å². The van der Waals surface area contributed by atoms with E-state index in [1.807, 2.05) is 13.8 Å². The molecule has 0 aromatic carbocycles. The van der Waals surface area contributed by atoms with Gasteiger partial charge in [0.1, 0.15) is 0 Å². The molecule has 0 atom stereocenters. The standard InChI is InChI=1S/C8H17O3PS3/c1-4-10-12(13,11-5-2)15-7-6-14-8(3)9/h4-7H2,1-3H3. The molecule has 3 nitrogen and oxygen atoms in total. The summed E-state index contributed by atoms with van der Waals surface area (Å²) in [4.78, 5) is 10.7. The van der Waals surface area contributed by atoms with Crippen LogP contribution in [0.15, 0.2) is 0 Å². The van der Waals surface area contributed by atoms with E-state index in [0.29, 0.717) is 13.2 Å². The quantitative estimate of drug-likeness (QED) is 0.504. The minimum atomic E-state index is -2.15. The minimum absolute atomic E-state index is 0.136. The summed E-state index contributed by atoms with van der Waals surface area (Å²) in [6.07, 6.45) is 0. The van der Waals surface area contributed by atoms with Gasteiger partial charge >= 0.3 is 0 Å². The topological polar surface area (TPSA) is 35.5 Å². The smallest absolute Gasteiger partial charge is 0.247 e. The van der Waals surface area contributed by atoms with Gasteiger partial charge in [-0.15, -0.1) is 0 Å². The molecule has 0 bridgehead atoms. The highest BCUT2D eigenvalue weighted by molar-refractivity contribution is 8.68. The van der Waals surface area contributed by atoms with Crippen molar-refractivity contribution in [2.45, 2.75) is 20.8 Å². The molecule has 0 amide bonds. The molecule has 0 rings (SSSR count). The van der Waals surface area contributed by atoms with Crippen LogP contribution in [0.25, 0.3) is 0 Å². The predicted octanol–water partition coefficient (Wildman–Crippen LogP) is 3.30. The maximum atomic E-state index is 10.7. The number of hydrogen-bond acceptors (Lipinski definition) is 6. The van der Waals surface area contributed by atoms with E-state index in [2.05, 4.69) is 0 Å². The Kier molecular flexibility index (Phi) is 9.59. The van der Waals surface area contributed by atoms with Crippen LogP contribution in [-0.2, 0) is 25.6 Å². The van der Waals surface area contributed by atoms with Gasteiger partial charge in [-0.3, -0.25) is 4.79 Å². The first-order valence-corrected chi connectivity index (χ1v) is 9.92. The Morgan fingerprint density at radius 1 is 1.27 bits per heavy atom. The molecule has 0 aromatic heterocycles. The molecule has 0 aliphatic rings. The summed E-state index contributed by atoms with van der Waals surface area (Å²) in [7, 11) is 0. The molecular formula is C8H17O3PS3. The van der Waals surface area contributed by atoms with Crippen LogP contribution in [0.3, 0.4) is 0 Å². The lowest BCUT2D eigenvalue weighted by molar-refractivity contribution is -0.109. The minimum Gasteiger partial charge on any atom is -0.322 e. The molecule has 0 heterocycles. The van der Waals surface area contributed by atoms with Crippen molar-refractivity contribution in [3.63, 3.8) is 0 Å². The van der Waals surface area contributed by atoms with Crippen LogP contribution >= 0.6 is 28.8 Å². The highest BCUT2D eigenvalue weighted by Crippen LogP contribution is 2.60. The van der Waals surface area contributed by atoms with Crippen molar-refractivity contribution < 1.29 is 13.8 Å². The van der Waals surface area contributed by atoms with Crippen LogP contribution in [-0.4, -0.2) is 29.8 Å². The second-order valence-corrected chi connectivity index (χ2v) is 10.2. The normalized spacial score (nSPS) is 11.7. The van der Waals surface area contributed by atoms with Crippen LogP contribution < -0.4 is 0 Å². The van der Waals surface area contributed by atoms with Gasteiger partial charge in [-0.05, 0) is 25.7 Å². The number of rotatable bonds is 8. The van der Waals surface area contributed by atoms with E-state index in [4.69, 9.17) is 20.9 Å². The Morgan fingerprint density at radius 2 is 1.80 bits per heavy atom. The van der Waals surface area contributed by atoms with E-state index in [9.17, 15) is 4.79 Å². The van der Waals surface area contributed by atoms with Gasteiger partial charge in [0.2, 0.25) is 5.69 Å². The van der Waals surface area contributed by atoms with Crippen molar-refractivity contribution >= 4 is 45.8 Å². The maximum absolute atomic E-state index is 10.7. The van der Waals surface area contributed by atoms with E-state index < -0.39 is 5.69 Å². The van der Waals surface area contributed by atoms with Crippen molar-refractivity contribution in [1.82, 2.24) is 0 Å². The number of carbonyl (C=O) groups is 1. The van der Waals surface area contributed by atoms with Crippen molar-refractivity contribution in [3.05, 3.63) is 0 Å². The third-order valence-electron chi connectivity index (χ3n) is 1.21. The molecule has 0 aliphatic carbocycles. The van der Waals surface area contributed by atoms with Crippen LogP contribution in [0.4, 0.5) is 0 Å². The molecule has 15 heavy (non-hydrogen) atoms. The summed E-state index contributed by atoms with van der Waals surface area (Å²) in [6.45, 7) is 6.53. The van der Waals surface area contributed by atoms with E-state index in [-0.39, 0.29) is 5.12 Å². The average Bonchev–Trinajstić information content (AvgIpc) is 2.13. The van der Waals surface area contributed by atoms with Crippen LogP contribution in [0.1, 0.15) is 20.8 Å². The molecule has 90 valence electrons. The second-order valence-electron chi connectivity index (χ2n) is 2.46. The molecule has 0 saturated heterocycles. The van der Waals surface area contributed by atoms with Gasteiger partial charge in [0.15, 0.2) is 5.12 Å². The summed E-state index contributed by atoms with van der Waals surface area (Å²) in [5.74, 6) is 1.56. The first kappa shape index (κ1) is 15.9. The Morgan fingerprint density at radius 3 is 2.20 bits per heavy atom. The van der Waals surface area contributed by atoms with Gasteiger partial charge in [-0.25, -0.2) is 0 Å². The zero-order valence-electron chi connectivity index (χ0n) is 9.23. The Labute approximate surface area is 105 Å². The summed E-state index contributed by atoms with van der Waals surface area (Å²) < 4.78 is 10.9. The summed E-state index contributed by atoms with van der Waals surface area (Å²) in [6, 6.07) is 0. The highest BCUT2D eigenvalue weighted by Gasteiger charge is 2.18. The monoisotopic (exact) mass is 288 g/mol. The van der Waals surface area contributed by atoms with Crippen molar-refractivity contribution in [3.8, 4) is 0 Å². The molecule has 0 aliphatic heterocycles. The Hall–Kier alpha value is 0.940. The summed E-state index contributed by atoms with van der Waals surface area (Å²) in [5.41, 5.74) is -2.15. The molecule has 0 spiro atoms. The molecular weight excluding hydrogens is 271 g/mol. The molecule has 0 N–H and O–H groups in total. The number of thioether (sulfide) groups is 1. The third-order valence-corrected chi connectivity index (χ3v) is 7.85. The fourth-order valence-electron chi connectivity index (χ4n) is 0.762. The van der Waals surface area contributed by atoms with E-state index >= 15 is 0 Å². The molecule has 0 unspecified atom stereocenters. The summed E-state index contributed by atoms with van der Waals surface area (Å²) in [5, 5.41) is 0.136. The predicted molar refractivity (Wildman–Crippen MR) is 73.1 cm³/mol. The number of hydrogen-bond donors (Lipinski definition) is 0. The lowest BCUT2D eigenvalue weighted by atomic mass is 10.9. The zero-order valence-corrected chi connectivity index (χ0v) is 12.6. The third kappa shape index (κ3) is 8.72. The largest absolute Gasteiger partial charge is 0.322 e. The fourth-order valence-corrected chi connectivity index (χ4v) is 6.49. The number of carbonyl (C=O) groups excluding carboxylic acids is 1. The molecule has 0 aromatic rings. The molecule has 7 heteroatoms. The van der Waals surface area contributed by atoms with Crippen LogP contribution in [0, 0.1) is 0 Å². The molecule has 0 radical (unpaired) electrons. The van der Waals surface area contributed by atoms with Crippen LogP contribution in [0.2, 0.25) is 0 Å². The highest BCUT2D eigenvalue weighted by atomic mass is 32.9. The SMILES string of the molecule is CCOP(=S)(OCC)SCCSC(C)=O. The maximum Gasteiger partial charge on any atom is 0.247 e. The molecule has 0 saturated carbocycles. The van der Waals surface area contributed by atoms with Gasteiger partial charge in [-0.2, -0.15) is 0 Å². The summed E-state index contributed by atoms with van der Waals surface area (Å²) >= 11 is 8.15. The van der Waals surface area contributed by atoms with Gasteiger partial charge in [0, 0.05) is 18.4 Å². The van der Waals surface area contributed by atoms with Crippen molar-refractivity contribution in [2.75, 3.05) is 24.7 Å². The van der Waals surface area contributed by atoms with Gasteiger partial charge < -0.3 is 9.05 Å². The first-order chi connectivity index (χ1) is 7.04. The zero-order chi connectivity index (χ0) is 11.7. The average molecular weight is 288 g/mol. The van der Waals surface area contributed by atoms with Crippen molar-refractivity contribution in [1.29, 1.82) is 0 Å². The first-order valence-electron chi connectivity index (χ1n) is 4.71.